The Labute approximate surface area is 235 Å². The van der Waals surface area contributed by atoms with Gasteiger partial charge in [-0.2, -0.15) is 10.1 Å². The van der Waals surface area contributed by atoms with Gasteiger partial charge in [-0.3, -0.25) is 14.0 Å². The highest BCUT2D eigenvalue weighted by molar-refractivity contribution is 7.10. The summed E-state index contributed by atoms with van der Waals surface area (Å²) in [6.07, 6.45) is 5.76. The molecule has 6 heterocycles. The first-order valence-corrected chi connectivity index (χ1v) is 14.6. The van der Waals surface area contributed by atoms with Crippen LogP contribution in [0.15, 0.2) is 59.1 Å². The van der Waals surface area contributed by atoms with E-state index in [9.17, 15) is 4.79 Å². The van der Waals surface area contributed by atoms with Gasteiger partial charge in [0.25, 0.3) is 5.56 Å². The summed E-state index contributed by atoms with van der Waals surface area (Å²) in [5, 5.41) is 15.6. The van der Waals surface area contributed by atoms with Crippen LogP contribution in [0.2, 0.25) is 0 Å². The Hall–Kier alpha value is -3.93. The van der Waals surface area contributed by atoms with Crippen LogP contribution in [-0.2, 0) is 6.54 Å². The summed E-state index contributed by atoms with van der Waals surface area (Å²) in [6.45, 7) is 6.27. The molecular weight excluding hydrogens is 522 g/mol. The SMILES string of the molecule is Cc1scnc1-c1cc2cnc(Nc3ccc(C4CCNC4)cc3)nc2n(Cc2ccnn2C2CCNC2)c1=O. The number of benzene rings is 1. The molecular formula is C29H31N9OS. The third kappa shape index (κ3) is 4.70. The van der Waals surface area contributed by atoms with Crippen molar-refractivity contribution in [1.82, 2.24) is 39.9 Å². The minimum atomic E-state index is -0.127. The molecule has 2 unspecified atom stereocenters. The quantitative estimate of drug-likeness (QED) is 0.279. The highest BCUT2D eigenvalue weighted by Gasteiger charge is 2.22. The monoisotopic (exact) mass is 553 g/mol. The van der Waals surface area contributed by atoms with Gasteiger partial charge in [-0.05, 0) is 68.6 Å². The maximum Gasteiger partial charge on any atom is 0.262 e. The van der Waals surface area contributed by atoms with Crippen molar-refractivity contribution < 1.29 is 0 Å². The van der Waals surface area contributed by atoms with Crippen LogP contribution in [0.5, 0.6) is 0 Å². The molecule has 3 N–H and O–H groups in total. The molecule has 2 atom stereocenters. The summed E-state index contributed by atoms with van der Waals surface area (Å²) < 4.78 is 3.78. The van der Waals surface area contributed by atoms with Gasteiger partial charge < -0.3 is 16.0 Å². The number of hydrogen-bond donors (Lipinski definition) is 3. The van der Waals surface area contributed by atoms with Crippen molar-refractivity contribution in [2.24, 2.45) is 0 Å². The second-order valence-electron chi connectivity index (χ2n) is 10.5. The molecule has 2 aliphatic rings. The normalized spacial score (nSPS) is 19.0. The molecule has 11 heteroatoms. The van der Waals surface area contributed by atoms with Crippen LogP contribution in [0.1, 0.15) is 40.9 Å². The van der Waals surface area contributed by atoms with E-state index in [1.807, 2.05) is 29.9 Å². The van der Waals surface area contributed by atoms with E-state index >= 15 is 0 Å². The Bertz CT molecular complexity index is 1710. The van der Waals surface area contributed by atoms with Crippen LogP contribution in [-0.4, -0.2) is 55.5 Å². The summed E-state index contributed by atoms with van der Waals surface area (Å²) in [6, 6.07) is 12.6. The summed E-state index contributed by atoms with van der Waals surface area (Å²) in [7, 11) is 0. The van der Waals surface area contributed by atoms with E-state index in [1.165, 1.54) is 16.9 Å². The molecule has 0 spiro atoms. The Morgan fingerprint density at radius 1 is 1.07 bits per heavy atom. The molecule has 204 valence electrons. The van der Waals surface area contributed by atoms with Crippen molar-refractivity contribution >= 4 is 34.0 Å². The molecule has 5 aromatic rings. The minimum Gasteiger partial charge on any atom is -0.324 e. The number of rotatable bonds is 7. The number of anilines is 2. The summed E-state index contributed by atoms with van der Waals surface area (Å²) in [5.41, 5.74) is 6.70. The van der Waals surface area contributed by atoms with E-state index < -0.39 is 0 Å². The average molecular weight is 554 g/mol. The summed E-state index contributed by atoms with van der Waals surface area (Å²) in [4.78, 5) is 29.0. The Kier molecular flexibility index (Phi) is 6.62. The number of aromatic nitrogens is 6. The molecule has 10 nitrogen and oxygen atoms in total. The number of pyridine rings is 1. The molecule has 0 amide bonds. The van der Waals surface area contributed by atoms with Crippen LogP contribution in [0, 0.1) is 6.92 Å². The lowest BCUT2D eigenvalue weighted by Crippen LogP contribution is -2.26. The van der Waals surface area contributed by atoms with Gasteiger partial charge in [0.1, 0.15) is 5.65 Å². The maximum atomic E-state index is 14.0. The second kappa shape index (κ2) is 10.6. The maximum absolute atomic E-state index is 14.0. The number of nitrogens with zero attached hydrogens (tertiary/aromatic N) is 6. The number of hydrogen-bond acceptors (Lipinski definition) is 9. The molecule has 2 aliphatic heterocycles. The second-order valence-corrected chi connectivity index (χ2v) is 11.6. The van der Waals surface area contributed by atoms with Crippen molar-refractivity contribution in [3.05, 3.63) is 80.8 Å². The van der Waals surface area contributed by atoms with E-state index in [0.717, 1.165) is 60.7 Å². The topological polar surface area (TPSA) is 115 Å². The molecule has 0 saturated carbocycles. The minimum absolute atomic E-state index is 0.127. The van der Waals surface area contributed by atoms with Crippen LogP contribution < -0.4 is 21.5 Å². The van der Waals surface area contributed by atoms with Crippen molar-refractivity contribution in [3.63, 3.8) is 0 Å². The van der Waals surface area contributed by atoms with Crippen molar-refractivity contribution in [2.45, 2.75) is 38.3 Å². The van der Waals surface area contributed by atoms with Crippen molar-refractivity contribution in [3.8, 4) is 11.3 Å². The summed E-state index contributed by atoms with van der Waals surface area (Å²) in [5.74, 6) is 1.01. The van der Waals surface area contributed by atoms with Crippen molar-refractivity contribution in [1.29, 1.82) is 0 Å². The van der Waals surface area contributed by atoms with Gasteiger partial charge in [0.15, 0.2) is 0 Å². The van der Waals surface area contributed by atoms with E-state index in [4.69, 9.17) is 4.98 Å². The van der Waals surface area contributed by atoms with Gasteiger partial charge in [-0.1, -0.05) is 12.1 Å². The first-order valence-electron chi connectivity index (χ1n) is 13.8. The highest BCUT2D eigenvalue weighted by Crippen LogP contribution is 2.27. The zero-order chi connectivity index (χ0) is 27.1. The Morgan fingerprint density at radius 3 is 2.67 bits per heavy atom. The predicted molar refractivity (Wildman–Crippen MR) is 157 cm³/mol. The standard InChI is InChI=1S/C29H31N9OS/c1-18-26(33-17-40-18)25-12-21-14-32-29(35-22-4-2-19(3-5-22)20-6-9-30-13-20)36-27(21)37(28(25)39)16-24-8-11-34-38(24)23-7-10-31-15-23/h2-5,8,11-12,14,17,20,23,30-31H,6-7,9-10,13,15-16H2,1H3,(H,32,35,36). The average Bonchev–Trinajstić information content (AvgIpc) is 3.79. The molecule has 7 rings (SSSR count). The first kappa shape index (κ1) is 25.1. The van der Waals surface area contributed by atoms with Gasteiger partial charge in [0, 0.05) is 41.4 Å². The van der Waals surface area contributed by atoms with Gasteiger partial charge in [0.05, 0.1) is 35.0 Å². The zero-order valence-corrected chi connectivity index (χ0v) is 23.1. The molecule has 0 aliphatic carbocycles. The fourth-order valence-electron chi connectivity index (χ4n) is 5.81. The van der Waals surface area contributed by atoms with E-state index in [0.29, 0.717) is 35.3 Å². The third-order valence-corrected chi connectivity index (χ3v) is 8.74. The smallest absolute Gasteiger partial charge is 0.262 e. The number of thiazole rings is 1. The van der Waals surface area contributed by atoms with Crippen LogP contribution in [0.4, 0.5) is 11.6 Å². The van der Waals surface area contributed by atoms with E-state index in [-0.39, 0.29) is 11.6 Å². The first-order chi connectivity index (χ1) is 19.6. The molecule has 1 aromatic carbocycles. The van der Waals surface area contributed by atoms with Gasteiger partial charge in [-0.15, -0.1) is 11.3 Å². The zero-order valence-electron chi connectivity index (χ0n) is 22.3. The van der Waals surface area contributed by atoms with Crippen LogP contribution in [0.3, 0.4) is 0 Å². The van der Waals surface area contributed by atoms with E-state index in [2.05, 4.69) is 55.3 Å². The van der Waals surface area contributed by atoms with E-state index in [1.54, 1.807) is 16.3 Å². The van der Waals surface area contributed by atoms with Crippen LogP contribution in [0.25, 0.3) is 22.3 Å². The lowest BCUT2D eigenvalue weighted by atomic mass is 9.98. The fourth-order valence-corrected chi connectivity index (χ4v) is 6.40. The molecule has 4 aromatic heterocycles. The lowest BCUT2D eigenvalue weighted by Gasteiger charge is -2.17. The highest BCUT2D eigenvalue weighted by atomic mass is 32.1. The van der Waals surface area contributed by atoms with Gasteiger partial charge in [-0.25, -0.2) is 9.97 Å². The lowest BCUT2D eigenvalue weighted by molar-refractivity contribution is 0.465. The molecule has 2 fully saturated rings. The molecule has 2 saturated heterocycles. The Balaban J connectivity index is 1.28. The third-order valence-electron chi connectivity index (χ3n) is 7.98. The predicted octanol–water partition coefficient (Wildman–Crippen LogP) is 3.82. The van der Waals surface area contributed by atoms with Gasteiger partial charge >= 0.3 is 0 Å². The van der Waals surface area contributed by atoms with Crippen molar-refractivity contribution in [2.75, 3.05) is 31.5 Å². The fraction of sp³-hybridized carbons (Fsp3) is 0.345. The van der Waals surface area contributed by atoms with Gasteiger partial charge in [0.2, 0.25) is 5.95 Å². The molecule has 0 bridgehead atoms. The van der Waals surface area contributed by atoms with Crippen LogP contribution >= 0.6 is 11.3 Å². The molecule has 0 radical (unpaired) electrons. The number of aryl methyl sites for hydroxylation is 1. The molecule has 40 heavy (non-hydrogen) atoms. The number of fused-ring (bicyclic) bond motifs is 1. The Morgan fingerprint density at radius 2 is 1.93 bits per heavy atom. The summed E-state index contributed by atoms with van der Waals surface area (Å²) >= 11 is 1.53. The number of nitrogens with one attached hydrogen (secondary N) is 3. The largest absolute Gasteiger partial charge is 0.324 e.